The first-order valence-corrected chi connectivity index (χ1v) is 7.07. The van der Waals surface area contributed by atoms with Crippen LogP contribution in [0, 0.1) is 12.7 Å². The Morgan fingerprint density at radius 2 is 1.91 bits per heavy atom. The van der Waals surface area contributed by atoms with Crippen LogP contribution in [-0.2, 0) is 7.05 Å². The van der Waals surface area contributed by atoms with E-state index < -0.39 is 0 Å². The van der Waals surface area contributed by atoms with Crippen LogP contribution in [0.1, 0.15) is 21.7 Å². The van der Waals surface area contributed by atoms with Gasteiger partial charge in [-0.1, -0.05) is 0 Å². The maximum atomic E-state index is 13.0. The minimum Gasteiger partial charge on any atom is -0.289 e. The second kappa shape index (κ2) is 6.00. The molecule has 0 amide bonds. The van der Waals surface area contributed by atoms with Crippen molar-refractivity contribution in [3.63, 3.8) is 0 Å². The van der Waals surface area contributed by atoms with Crippen molar-refractivity contribution >= 4 is 11.9 Å². The molecule has 0 aliphatic carbocycles. The fourth-order valence-corrected chi connectivity index (χ4v) is 2.29. The number of carbonyl (C=O) groups excluding carboxylic acids is 1. The number of ketones is 1. The summed E-state index contributed by atoms with van der Waals surface area (Å²) in [6, 6.07) is 7.78. The Morgan fingerprint density at radius 1 is 1.17 bits per heavy atom. The molecule has 0 atom stereocenters. The molecule has 6 heteroatoms. The van der Waals surface area contributed by atoms with Gasteiger partial charge in [-0.05, 0) is 49.4 Å². The molecule has 0 aliphatic heterocycles. The number of aryl methyl sites for hydroxylation is 1. The molecule has 0 saturated heterocycles. The van der Waals surface area contributed by atoms with Crippen molar-refractivity contribution in [2.45, 2.75) is 6.92 Å². The Bertz CT molecular complexity index is 874. The van der Waals surface area contributed by atoms with Gasteiger partial charge >= 0.3 is 0 Å². The molecule has 0 N–H and O–H groups in total. The van der Waals surface area contributed by atoms with Crippen LogP contribution in [0.25, 0.3) is 11.8 Å². The van der Waals surface area contributed by atoms with E-state index in [9.17, 15) is 9.18 Å². The van der Waals surface area contributed by atoms with E-state index in [0.29, 0.717) is 16.9 Å². The van der Waals surface area contributed by atoms with Crippen LogP contribution >= 0.6 is 0 Å². The largest absolute Gasteiger partial charge is 0.289 e. The minimum absolute atomic E-state index is 0.142. The van der Waals surface area contributed by atoms with Gasteiger partial charge in [-0.15, -0.1) is 0 Å². The van der Waals surface area contributed by atoms with Crippen molar-refractivity contribution in [3.8, 4) is 5.69 Å². The van der Waals surface area contributed by atoms with Gasteiger partial charge in [0.05, 0.1) is 28.8 Å². The minimum atomic E-state index is -0.311. The summed E-state index contributed by atoms with van der Waals surface area (Å²) in [6.45, 7) is 1.81. The van der Waals surface area contributed by atoms with Crippen LogP contribution in [0.15, 0.2) is 48.8 Å². The van der Waals surface area contributed by atoms with Gasteiger partial charge in [0.15, 0.2) is 5.78 Å². The number of carbonyl (C=O) groups is 1. The molecular weight excluding hydrogens is 295 g/mol. The average Bonchev–Trinajstić information content (AvgIpc) is 3.12. The number of benzene rings is 1. The van der Waals surface area contributed by atoms with Crippen molar-refractivity contribution in [3.05, 3.63) is 71.6 Å². The van der Waals surface area contributed by atoms with Crippen molar-refractivity contribution in [1.29, 1.82) is 0 Å². The van der Waals surface area contributed by atoms with Crippen LogP contribution in [0.3, 0.4) is 0 Å². The number of allylic oxidation sites excluding steroid dienone is 1. The SMILES string of the molecule is Cc1c(C(=O)C=Cc2ccnn2C)cnn1-c1ccc(F)cc1. The van der Waals surface area contributed by atoms with E-state index in [1.807, 2.05) is 20.0 Å². The lowest BCUT2D eigenvalue weighted by Crippen LogP contribution is -2.02. The summed E-state index contributed by atoms with van der Waals surface area (Å²) in [6.07, 6.45) is 6.40. The molecule has 1 aromatic carbocycles. The quantitative estimate of drug-likeness (QED) is 0.550. The molecule has 0 unspecified atom stereocenters. The van der Waals surface area contributed by atoms with Gasteiger partial charge < -0.3 is 0 Å². The highest BCUT2D eigenvalue weighted by atomic mass is 19.1. The molecule has 0 fully saturated rings. The number of rotatable bonds is 4. The van der Waals surface area contributed by atoms with E-state index in [2.05, 4.69) is 10.2 Å². The maximum absolute atomic E-state index is 13.0. The third-order valence-corrected chi connectivity index (χ3v) is 3.61. The highest BCUT2D eigenvalue weighted by molar-refractivity contribution is 6.07. The first kappa shape index (κ1) is 14.9. The molecule has 0 spiro atoms. The summed E-state index contributed by atoms with van der Waals surface area (Å²) in [7, 11) is 1.81. The van der Waals surface area contributed by atoms with Gasteiger partial charge in [-0.2, -0.15) is 10.2 Å². The van der Waals surface area contributed by atoms with Crippen LogP contribution in [0.5, 0.6) is 0 Å². The zero-order valence-electron chi connectivity index (χ0n) is 12.8. The third-order valence-electron chi connectivity index (χ3n) is 3.61. The molecule has 0 saturated carbocycles. The van der Waals surface area contributed by atoms with Crippen LogP contribution in [0.4, 0.5) is 4.39 Å². The van der Waals surface area contributed by atoms with E-state index >= 15 is 0 Å². The molecule has 5 nitrogen and oxygen atoms in total. The fraction of sp³-hybridized carbons (Fsp3) is 0.118. The lowest BCUT2D eigenvalue weighted by molar-refractivity contribution is 0.104. The Hall–Kier alpha value is -3.02. The van der Waals surface area contributed by atoms with Crippen molar-refractivity contribution < 1.29 is 9.18 Å². The first-order valence-electron chi connectivity index (χ1n) is 7.07. The summed E-state index contributed by atoms with van der Waals surface area (Å²) in [5, 5.41) is 8.26. The van der Waals surface area contributed by atoms with E-state index in [4.69, 9.17) is 0 Å². The molecule has 2 aromatic heterocycles. The monoisotopic (exact) mass is 310 g/mol. The molecule has 0 bridgehead atoms. The van der Waals surface area contributed by atoms with Gasteiger partial charge in [-0.3, -0.25) is 9.48 Å². The van der Waals surface area contributed by atoms with Gasteiger partial charge in [0, 0.05) is 13.2 Å². The summed E-state index contributed by atoms with van der Waals surface area (Å²) in [4.78, 5) is 12.3. The molecule has 0 aliphatic rings. The van der Waals surface area contributed by atoms with Crippen LogP contribution < -0.4 is 0 Å². The number of hydrogen-bond donors (Lipinski definition) is 0. The Balaban J connectivity index is 1.87. The zero-order valence-corrected chi connectivity index (χ0v) is 12.8. The standard InChI is InChI=1S/C17H15FN4O/c1-12-16(17(23)8-7-14-9-10-19-21(14)2)11-20-22(12)15-5-3-13(18)4-6-15/h3-11H,1-2H3. The zero-order chi connectivity index (χ0) is 16.4. The summed E-state index contributed by atoms with van der Waals surface area (Å²) >= 11 is 0. The molecule has 2 heterocycles. The molecule has 116 valence electrons. The summed E-state index contributed by atoms with van der Waals surface area (Å²) in [5.41, 5.74) is 2.75. The van der Waals surface area contributed by atoms with Crippen LogP contribution in [0.2, 0.25) is 0 Å². The fourth-order valence-electron chi connectivity index (χ4n) is 2.29. The second-order valence-corrected chi connectivity index (χ2v) is 5.11. The summed E-state index contributed by atoms with van der Waals surface area (Å²) < 4.78 is 16.3. The lowest BCUT2D eigenvalue weighted by Gasteiger charge is -2.04. The number of hydrogen-bond acceptors (Lipinski definition) is 3. The molecular formula is C17H15FN4O. The van der Waals surface area contributed by atoms with Gasteiger partial charge in [0.2, 0.25) is 0 Å². The predicted molar refractivity (Wildman–Crippen MR) is 84.8 cm³/mol. The van der Waals surface area contributed by atoms with E-state index in [0.717, 1.165) is 5.69 Å². The molecule has 3 aromatic rings. The first-order chi connectivity index (χ1) is 11.1. The highest BCUT2D eigenvalue weighted by Gasteiger charge is 2.13. The van der Waals surface area contributed by atoms with Gasteiger partial charge in [-0.25, -0.2) is 9.07 Å². The molecule has 0 radical (unpaired) electrons. The molecule has 23 heavy (non-hydrogen) atoms. The number of halogens is 1. The highest BCUT2D eigenvalue weighted by Crippen LogP contribution is 2.16. The Morgan fingerprint density at radius 3 is 2.57 bits per heavy atom. The van der Waals surface area contributed by atoms with Crippen molar-refractivity contribution in [1.82, 2.24) is 19.6 Å². The lowest BCUT2D eigenvalue weighted by atomic mass is 10.1. The van der Waals surface area contributed by atoms with Crippen LogP contribution in [-0.4, -0.2) is 25.3 Å². The second-order valence-electron chi connectivity index (χ2n) is 5.11. The Labute approximate surface area is 132 Å². The van der Waals surface area contributed by atoms with Crippen molar-refractivity contribution in [2.24, 2.45) is 7.05 Å². The van der Waals surface area contributed by atoms with E-state index in [-0.39, 0.29) is 11.6 Å². The normalized spacial score (nSPS) is 11.3. The van der Waals surface area contributed by atoms with Gasteiger partial charge in [0.1, 0.15) is 5.82 Å². The Kier molecular flexibility index (Phi) is 3.89. The topological polar surface area (TPSA) is 52.7 Å². The van der Waals surface area contributed by atoms with E-state index in [1.54, 1.807) is 33.8 Å². The van der Waals surface area contributed by atoms with Crippen molar-refractivity contribution in [2.75, 3.05) is 0 Å². The van der Waals surface area contributed by atoms with Gasteiger partial charge in [0.25, 0.3) is 0 Å². The average molecular weight is 310 g/mol. The molecule has 3 rings (SSSR count). The number of nitrogens with zero attached hydrogens (tertiary/aromatic N) is 4. The maximum Gasteiger partial charge on any atom is 0.189 e. The third kappa shape index (κ3) is 2.96. The van der Waals surface area contributed by atoms with E-state index in [1.165, 1.54) is 24.4 Å². The number of aromatic nitrogens is 4. The predicted octanol–water partition coefficient (Wildman–Crippen LogP) is 2.95. The summed E-state index contributed by atoms with van der Waals surface area (Å²) in [5.74, 6) is -0.453. The smallest absolute Gasteiger partial charge is 0.189 e.